The number of nitrogens with one attached hydrogen (secondary N) is 2. The Balaban J connectivity index is 1.96. The fraction of sp³-hybridized carbons (Fsp3) is 0.455. The van der Waals surface area contributed by atoms with E-state index in [0.717, 1.165) is 11.3 Å². The SMILES string of the molecule is CC(C(=O)Nc1cnc(C(N)=O)s1)C1CCC(=O)N1. The summed E-state index contributed by atoms with van der Waals surface area (Å²) in [7, 11) is 0. The number of amides is 3. The summed E-state index contributed by atoms with van der Waals surface area (Å²) in [5.74, 6) is -1.21. The Hall–Kier alpha value is -1.96. The summed E-state index contributed by atoms with van der Waals surface area (Å²) in [4.78, 5) is 37.8. The number of anilines is 1. The largest absolute Gasteiger partial charge is 0.364 e. The topological polar surface area (TPSA) is 114 Å². The quantitative estimate of drug-likeness (QED) is 0.726. The lowest BCUT2D eigenvalue weighted by molar-refractivity contribution is -0.121. The van der Waals surface area contributed by atoms with Gasteiger partial charge in [-0.3, -0.25) is 14.4 Å². The van der Waals surface area contributed by atoms with Crippen LogP contribution in [0.5, 0.6) is 0 Å². The lowest BCUT2D eigenvalue weighted by Gasteiger charge is -2.17. The molecule has 2 rings (SSSR count). The van der Waals surface area contributed by atoms with Crippen LogP contribution in [0.3, 0.4) is 0 Å². The molecular weight excluding hydrogens is 268 g/mol. The molecule has 1 aromatic heterocycles. The average molecular weight is 282 g/mol. The molecule has 2 atom stereocenters. The zero-order valence-electron chi connectivity index (χ0n) is 10.3. The van der Waals surface area contributed by atoms with E-state index in [2.05, 4.69) is 15.6 Å². The highest BCUT2D eigenvalue weighted by Crippen LogP contribution is 2.21. The smallest absolute Gasteiger partial charge is 0.277 e. The predicted octanol–water partition coefficient (Wildman–Crippen LogP) is 0.0952. The second-order valence-electron chi connectivity index (χ2n) is 4.38. The molecule has 2 heterocycles. The molecule has 2 unspecified atom stereocenters. The molecule has 19 heavy (non-hydrogen) atoms. The summed E-state index contributed by atoms with van der Waals surface area (Å²) in [5.41, 5.74) is 5.08. The van der Waals surface area contributed by atoms with Crippen molar-refractivity contribution >= 4 is 34.1 Å². The second kappa shape index (κ2) is 5.35. The Morgan fingerprint density at radius 1 is 1.63 bits per heavy atom. The molecule has 102 valence electrons. The third-order valence-electron chi connectivity index (χ3n) is 3.01. The van der Waals surface area contributed by atoms with Gasteiger partial charge in [0.1, 0.15) is 5.00 Å². The van der Waals surface area contributed by atoms with Crippen LogP contribution in [0.25, 0.3) is 0 Å². The molecule has 1 aliphatic rings. The molecule has 0 aliphatic carbocycles. The van der Waals surface area contributed by atoms with E-state index in [0.29, 0.717) is 17.8 Å². The third kappa shape index (κ3) is 3.08. The molecule has 7 nitrogen and oxygen atoms in total. The minimum Gasteiger partial charge on any atom is -0.364 e. The van der Waals surface area contributed by atoms with E-state index in [1.165, 1.54) is 6.20 Å². The van der Waals surface area contributed by atoms with Gasteiger partial charge in [0.25, 0.3) is 5.91 Å². The van der Waals surface area contributed by atoms with Gasteiger partial charge >= 0.3 is 0 Å². The minimum absolute atomic E-state index is 0.0292. The molecule has 0 saturated carbocycles. The van der Waals surface area contributed by atoms with Gasteiger partial charge < -0.3 is 16.4 Å². The van der Waals surface area contributed by atoms with Crippen LogP contribution in [0.4, 0.5) is 5.00 Å². The van der Waals surface area contributed by atoms with Crippen LogP contribution in [-0.4, -0.2) is 28.7 Å². The number of rotatable bonds is 4. The van der Waals surface area contributed by atoms with Crippen molar-refractivity contribution in [1.29, 1.82) is 0 Å². The van der Waals surface area contributed by atoms with E-state index < -0.39 is 5.91 Å². The second-order valence-corrected chi connectivity index (χ2v) is 5.42. The van der Waals surface area contributed by atoms with Gasteiger partial charge in [0.05, 0.1) is 12.1 Å². The summed E-state index contributed by atoms with van der Waals surface area (Å²) in [5, 5.41) is 6.04. The van der Waals surface area contributed by atoms with Crippen molar-refractivity contribution in [3.8, 4) is 0 Å². The van der Waals surface area contributed by atoms with Crippen molar-refractivity contribution in [2.45, 2.75) is 25.8 Å². The number of primary amides is 1. The van der Waals surface area contributed by atoms with Crippen LogP contribution in [-0.2, 0) is 9.59 Å². The number of carbonyl (C=O) groups excluding carboxylic acids is 3. The zero-order chi connectivity index (χ0) is 14.0. The molecule has 1 aromatic rings. The highest BCUT2D eigenvalue weighted by Gasteiger charge is 2.30. The number of aromatic nitrogens is 1. The third-order valence-corrected chi connectivity index (χ3v) is 3.94. The first-order valence-electron chi connectivity index (χ1n) is 5.83. The molecule has 0 radical (unpaired) electrons. The molecule has 8 heteroatoms. The molecule has 3 amide bonds. The molecule has 1 fully saturated rings. The Bertz CT molecular complexity index is 528. The van der Waals surface area contributed by atoms with E-state index in [1.807, 2.05) is 0 Å². The number of nitrogens with zero attached hydrogens (tertiary/aromatic N) is 1. The molecule has 1 saturated heterocycles. The van der Waals surface area contributed by atoms with Crippen molar-refractivity contribution in [2.24, 2.45) is 11.7 Å². The van der Waals surface area contributed by atoms with Gasteiger partial charge in [-0.1, -0.05) is 18.3 Å². The standard InChI is InChI=1S/C11H14N4O3S/c1-5(6-2-3-7(16)14-6)10(18)15-8-4-13-11(19-8)9(12)17/h4-6H,2-3H2,1H3,(H2,12,17)(H,14,16)(H,15,18). The van der Waals surface area contributed by atoms with E-state index in [-0.39, 0.29) is 28.8 Å². The lowest BCUT2D eigenvalue weighted by atomic mass is 10.00. The minimum atomic E-state index is -0.624. The fourth-order valence-electron chi connectivity index (χ4n) is 1.88. The van der Waals surface area contributed by atoms with Gasteiger partial charge in [-0.15, -0.1) is 0 Å². The van der Waals surface area contributed by atoms with Gasteiger partial charge in [0.15, 0.2) is 5.01 Å². The highest BCUT2D eigenvalue weighted by atomic mass is 32.1. The van der Waals surface area contributed by atoms with Crippen LogP contribution in [0.15, 0.2) is 6.20 Å². The van der Waals surface area contributed by atoms with Gasteiger partial charge in [-0.25, -0.2) is 4.98 Å². The van der Waals surface area contributed by atoms with Crippen LogP contribution in [0.2, 0.25) is 0 Å². The Morgan fingerprint density at radius 3 is 2.89 bits per heavy atom. The van der Waals surface area contributed by atoms with Gasteiger partial charge in [0, 0.05) is 12.5 Å². The predicted molar refractivity (Wildman–Crippen MR) is 69.6 cm³/mol. The summed E-state index contributed by atoms with van der Waals surface area (Å²) < 4.78 is 0. The lowest BCUT2D eigenvalue weighted by Crippen LogP contribution is -2.38. The van der Waals surface area contributed by atoms with E-state index in [4.69, 9.17) is 5.73 Å². The molecule has 0 aromatic carbocycles. The van der Waals surface area contributed by atoms with Crippen molar-refractivity contribution in [2.75, 3.05) is 5.32 Å². The molecule has 0 spiro atoms. The highest BCUT2D eigenvalue weighted by molar-refractivity contribution is 7.17. The number of thiazole rings is 1. The number of hydrogen-bond donors (Lipinski definition) is 3. The summed E-state index contributed by atoms with van der Waals surface area (Å²) in [6.07, 6.45) is 2.50. The monoisotopic (exact) mass is 282 g/mol. The first-order chi connectivity index (χ1) is 8.97. The molecular formula is C11H14N4O3S. The first-order valence-corrected chi connectivity index (χ1v) is 6.65. The van der Waals surface area contributed by atoms with Gasteiger partial charge in [0.2, 0.25) is 11.8 Å². The number of hydrogen-bond acceptors (Lipinski definition) is 5. The van der Waals surface area contributed by atoms with Crippen LogP contribution < -0.4 is 16.4 Å². The van der Waals surface area contributed by atoms with Crippen LogP contribution >= 0.6 is 11.3 Å². The summed E-state index contributed by atoms with van der Waals surface area (Å²) >= 11 is 1.02. The first kappa shape index (κ1) is 13.5. The maximum atomic E-state index is 12.0. The van der Waals surface area contributed by atoms with Crippen LogP contribution in [0.1, 0.15) is 29.6 Å². The van der Waals surface area contributed by atoms with Gasteiger partial charge in [-0.2, -0.15) is 0 Å². The van der Waals surface area contributed by atoms with Crippen molar-refractivity contribution in [3.63, 3.8) is 0 Å². The van der Waals surface area contributed by atoms with Crippen LogP contribution in [0, 0.1) is 5.92 Å². The van der Waals surface area contributed by atoms with Crippen molar-refractivity contribution in [3.05, 3.63) is 11.2 Å². The molecule has 1 aliphatic heterocycles. The molecule has 4 N–H and O–H groups in total. The number of carbonyl (C=O) groups is 3. The Labute approximate surface area is 113 Å². The average Bonchev–Trinajstić information content (AvgIpc) is 2.97. The summed E-state index contributed by atoms with van der Waals surface area (Å²) in [6, 6.07) is -0.143. The van der Waals surface area contributed by atoms with Crippen molar-refractivity contribution in [1.82, 2.24) is 10.3 Å². The fourth-order valence-corrected chi connectivity index (χ4v) is 2.55. The van der Waals surface area contributed by atoms with E-state index in [1.54, 1.807) is 6.92 Å². The van der Waals surface area contributed by atoms with E-state index >= 15 is 0 Å². The Morgan fingerprint density at radius 2 is 2.37 bits per heavy atom. The maximum absolute atomic E-state index is 12.0. The van der Waals surface area contributed by atoms with Gasteiger partial charge in [-0.05, 0) is 6.42 Å². The number of nitrogens with two attached hydrogens (primary N) is 1. The van der Waals surface area contributed by atoms with E-state index in [9.17, 15) is 14.4 Å². The summed E-state index contributed by atoms with van der Waals surface area (Å²) in [6.45, 7) is 1.75. The Kier molecular flexibility index (Phi) is 3.79. The normalized spacial score (nSPS) is 19.8. The molecule has 0 bridgehead atoms. The maximum Gasteiger partial charge on any atom is 0.277 e. The van der Waals surface area contributed by atoms with Crippen molar-refractivity contribution < 1.29 is 14.4 Å². The zero-order valence-corrected chi connectivity index (χ0v) is 11.1.